The van der Waals surface area contributed by atoms with Crippen LogP contribution in [0.4, 0.5) is 0 Å². The average Bonchev–Trinajstić information content (AvgIpc) is 2.27. The second-order valence-corrected chi connectivity index (χ2v) is 3.75. The first-order valence-electron chi connectivity index (χ1n) is 5.07. The molecule has 4 heteroatoms. The lowest BCUT2D eigenvalue weighted by atomic mass is 10.1. The molecule has 1 rings (SSSR count). The monoisotopic (exact) mass is 221 g/mol. The van der Waals surface area contributed by atoms with Crippen LogP contribution >= 0.6 is 0 Å². The smallest absolute Gasteiger partial charge is 0.170 e. The summed E-state index contributed by atoms with van der Waals surface area (Å²) in [6.07, 6.45) is -2.50. The third-order valence-corrected chi connectivity index (χ3v) is 2.02. The molecule has 4 nitrogen and oxygen atoms in total. The maximum atomic E-state index is 9.55. The van der Waals surface area contributed by atoms with Crippen LogP contribution in [0.3, 0.4) is 0 Å². The van der Waals surface area contributed by atoms with Crippen LogP contribution < -0.4 is 4.74 Å². The lowest BCUT2D eigenvalue weighted by Crippen LogP contribution is -2.15. The Morgan fingerprint density at radius 1 is 1.19 bits per heavy atom. The van der Waals surface area contributed by atoms with Crippen molar-refractivity contribution >= 4 is 0 Å². The minimum Gasteiger partial charge on any atom is -0.491 e. The molecule has 0 fully saturated rings. The first-order chi connectivity index (χ1) is 7.54. The van der Waals surface area contributed by atoms with E-state index in [9.17, 15) is 5.11 Å². The van der Waals surface area contributed by atoms with E-state index in [1.807, 2.05) is 13.8 Å². The maximum absolute atomic E-state index is 9.55. The Kier molecular flexibility index (Phi) is 4.29. The van der Waals surface area contributed by atoms with Crippen LogP contribution in [-0.4, -0.2) is 22.4 Å². The van der Waals surface area contributed by atoms with Crippen molar-refractivity contribution in [2.24, 2.45) is 0 Å². The molecule has 0 aliphatic heterocycles. The third kappa shape index (κ3) is 3.23. The summed E-state index contributed by atoms with van der Waals surface area (Å²) in [7, 11) is 0. The summed E-state index contributed by atoms with van der Waals surface area (Å²) in [4.78, 5) is 0. The summed E-state index contributed by atoms with van der Waals surface area (Å²) in [5.41, 5.74) is 0.491. The van der Waals surface area contributed by atoms with Crippen LogP contribution in [0.25, 0.3) is 0 Å². The number of aliphatic hydroxyl groups excluding tert-OH is 2. The standard InChI is InChI=1S/C12H15NO3/c1-8(2)16-10-5-3-9(4-6-10)12(15)11(14)7-13/h3-6,8,11-12,14-15H,1-2H3. The van der Waals surface area contributed by atoms with Gasteiger partial charge in [0.25, 0.3) is 0 Å². The molecule has 2 unspecified atom stereocenters. The molecule has 0 heterocycles. The minimum absolute atomic E-state index is 0.0838. The number of rotatable bonds is 4. The highest BCUT2D eigenvalue weighted by Gasteiger charge is 2.17. The Labute approximate surface area is 94.7 Å². The predicted octanol–water partition coefficient (Wildman–Crippen LogP) is 1.39. The van der Waals surface area contributed by atoms with E-state index in [1.165, 1.54) is 0 Å². The predicted molar refractivity (Wildman–Crippen MR) is 58.8 cm³/mol. The molecule has 1 aromatic carbocycles. The highest BCUT2D eigenvalue weighted by Crippen LogP contribution is 2.20. The van der Waals surface area contributed by atoms with Gasteiger partial charge in [0.15, 0.2) is 6.10 Å². The van der Waals surface area contributed by atoms with Gasteiger partial charge in [0.1, 0.15) is 11.9 Å². The Morgan fingerprint density at radius 3 is 2.19 bits per heavy atom. The molecule has 0 saturated carbocycles. The van der Waals surface area contributed by atoms with Gasteiger partial charge in [-0.2, -0.15) is 5.26 Å². The molecule has 2 atom stereocenters. The van der Waals surface area contributed by atoms with Gasteiger partial charge in [0.05, 0.1) is 12.2 Å². The Balaban J connectivity index is 2.75. The SMILES string of the molecule is CC(C)Oc1ccc(C(O)C(O)C#N)cc1. The summed E-state index contributed by atoms with van der Waals surface area (Å²) in [5.74, 6) is 0.692. The van der Waals surface area contributed by atoms with Crippen molar-refractivity contribution in [2.75, 3.05) is 0 Å². The molecule has 0 aromatic heterocycles. The van der Waals surface area contributed by atoms with Crippen molar-refractivity contribution in [2.45, 2.75) is 32.2 Å². The zero-order valence-electron chi connectivity index (χ0n) is 9.29. The molecule has 0 saturated heterocycles. The van der Waals surface area contributed by atoms with Gasteiger partial charge < -0.3 is 14.9 Å². The number of benzene rings is 1. The molecule has 16 heavy (non-hydrogen) atoms. The van der Waals surface area contributed by atoms with Gasteiger partial charge in [-0.15, -0.1) is 0 Å². The second kappa shape index (κ2) is 5.50. The zero-order chi connectivity index (χ0) is 12.1. The number of nitrogens with zero attached hydrogens (tertiary/aromatic N) is 1. The Hall–Kier alpha value is -1.57. The van der Waals surface area contributed by atoms with Crippen molar-refractivity contribution in [3.63, 3.8) is 0 Å². The maximum Gasteiger partial charge on any atom is 0.170 e. The first-order valence-corrected chi connectivity index (χ1v) is 5.07. The molecular formula is C12H15NO3. The van der Waals surface area contributed by atoms with Crippen molar-refractivity contribution in [3.05, 3.63) is 29.8 Å². The van der Waals surface area contributed by atoms with E-state index in [0.29, 0.717) is 11.3 Å². The van der Waals surface area contributed by atoms with E-state index in [4.69, 9.17) is 15.1 Å². The van der Waals surface area contributed by atoms with Gasteiger partial charge in [-0.25, -0.2) is 0 Å². The summed E-state index contributed by atoms with van der Waals surface area (Å²) in [6, 6.07) is 8.23. The van der Waals surface area contributed by atoms with E-state index >= 15 is 0 Å². The number of hydrogen-bond acceptors (Lipinski definition) is 4. The normalized spacial score (nSPS) is 14.2. The van der Waals surface area contributed by atoms with E-state index in [2.05, 4.69) is 0 Å². The van der Waals surface area contributed by atoms with Crippen molar-refractivity contribution in [1.82, 2.24) is 0 Å². The fourth-order valence-electron chi connectivity index (χ4n) is 1.27. The van der Waals surface area contributed by atoms with Gasteiger partial charge in [-0.1, -0.05) is 12.1 Å². The van der Waals surface area contributed by atoms with Gasteiger partial charge in [-0.05, 0) is 31.5 Å². The fraction of sp³-hybridized carbons (Fsp3) is 0.417. The van der Waals surface area contributed by atoms with Crippen LogP contribution in [0.15, 0.2) is 24.3 Å². The molecule has 1 aromatic rings. The lowest BCUT2D eigenvalue weighted by molar-refractivity contribution is 0.0527. The number of hydrogen-bond donors (Lipinski definition) is 2. The van der Waals surface area contributed by atoms with Gasteiger partial charge in [0.2, 0.25) is 0 Å². The number of ether oxygens (including phenoxy) is 1. The molecule has 0 amide bonds. The summed E-state index contributed by atoms with van der Waals surface area (Å²) >= 11 is 0. The van der Waals surface area contributed by atoms with Crippen molar-refractivity contribution in [3.8, 4) is 11.8 Å². The van der Waals surface area contributed by atoms with E-state index < -0.39 is 12.2 Å². The number of nitriles is 1. The number of aliphatic hydroxyl groups is 2. The molecule has 0 spiro atoms. The molecule has 2 N–H and O–H groups in total. The van der Waals surface area contributed by atoms with Crippen molar-refractivity contribution in [1.29, 1.82) is 5.26 Å². The molecule has 0 aliphatic carbocycles. The van der Waals surface area contributed by atoms with Crippen molar-refractivity contribution < 1.29 is 14.9 Å². The van der Waals surface area contributed by atoms with Gasteiger partial charge in [-0.3, -0.25) is 0 Å². The third-order valence-electron chi connectivity index (χ3n) is 2.02. The first kappa shape index (κ1) is 12.5. The molecule has 86 valence electrons. The van der Waals surface area contributed by atoms with Crippen LogP contribution in [-0.2, 0) is 0 Å². The average molecular weight is 221 g/mol. The Morgan fingerprint density at radius 2 is 1.75 bits per heavy atom. The quantitative estimate of drug-likeness (QED) is 0.753. The summed E-state index contributed by atoms with van der Waals surface area (Å²) in [6.45, 7) is 3.84. The Bertz CT molecular complexity index is 367. The topological polar surface area (TPSA) is 73.5 Å². The highest BCUT2D eigenvalue weighted by molar-refractivity contribution is 5.29. The summed E-state index contributed by atoms with van der Waals surface area (Å²) < 4.78 is 5.43. The molecule has 0 radical (unpaired) electrons. The second-order valence-electron chi connectivity index (χ2n) is 3.75. The van der Waals surface area contributed by atoms with Gasteiger partial charge in [0, 0.05) is 0 Å². The molecule has 0 bridgehead atoms. The zero-order valence-corrected chi connectivity index (χ0v) is 9.29. The van der Waals surface area contributed by atoms with Crippen LogP contribution in [0.5, 0.6) is 5.75 Å². The largest absolute Gasteiger partial charge is 0.491 e. The summed E-state index contributed by atoms with van der Waals surface area (Å²) in [5, 5.41) is 27.2. The van der Waals surface area contributed by atoms with Gasteiger partial charge >= 0.3 is 0 Å². The molecular weight excluding hydrogens is 206 g/mol. The lowest BCUT2D eigenvalue weighted by Gasteiger charge is -2.13. The molecule has 0 aliphatic rings. The minimum atomic E-state index is -1.41. The van der Waals surface area contributed by atoms with E-state index in [1.54, 1.807) is 30.3 Å². The van der Waals surface area contributed by atoms with E-state index in [0.717, 1.165) is 0 Å². The highest BCUT2D eigenvalue weighted by atomic mass is 16.5. The van der Waals surface area contributed by atoms with Crippen LogP contribution in [0, 0.1) is 11.3 Å². The van der Waals surface area contributed by atoms with Crippen LogP contribution in [0.1, 0.15) is 25.5 Å². The van der Waals surface area contributed by atoms with Crippen LogP contribution in [0.2, 0.25) is 0 Å². The fourth-order valence-corrected chi connectivity index (χ4v) is 1.27. The van der Waals surface area contributed by atoms with E-state index in [-0.39, 0.29) is 6.10 Å².